The summed E-state index contributed by atoms with van der Waals surface area (Å²) in [4.78, 5) is 4.16. The number of rotatable bonds is 13. The van der Waals surface area contributed by atoms with Gasteiger partial charge in [0.15, 0.2) is 6.29 Å². The molecule has 1 N–H and O–H groups in total. The molecular weight excluding hydrogens is 216 g/mol. The molecule has 0 spiro atoms. The molecule has 104 valence electrons. The van der Waals surface area contributed by atoms with Gasteiger partial charge in [-0.15, -0.1) is 0 Å². The SMILES string of the molecule is CCCCCCCCCCCCC(OC)OO. The first-order chi connectivity index (χ1) is 8.35. The zero-order valence-corrected chi connectivity index (χ0v) is 11.6. The van der Waals surface area contributed by atoms with E-state index in [9.17, 15) is 0 Å². The maximum absolute atomic E-state index is 8.44. The van der Waals surface area contributed by atoms with Crippen molar-refractivity contribution in [1.82, 2.24) is 0 Å². The molecule has 0 heterocycles. The van der Waals surface area contributed by atoms with Crippen LogP contribution in [0.3, 0.4) is 0 Å². The Labute approximate surface area is 106 Å². The minimum absolute atomic E-state index is 0.441. The number of ether oxygens (including phenoxy) is 1. The summed E-state index contributed by atoms with van der Waals surface area (Å²) in [5.74, 6) is 0. The Morgan fingerprint density at radius 3 is 1.71 bits per heavy atom. The fourth-order valence-corrected chi connectivity index (χ4v) is 2.01. The quantitative estimate of drug-likeness (QED) is 0.220. The van der Waals surface area contributed by atoms with Crippen molar-refractivity contribution in [2.24, 2.45) is 0 Å². The highest BCUT2D eigenvalue weighted by atomic mass is 17.1. The maximum atomic E-state index is 8.44. The molecule has 3 heteroatoms. The van der Waals surface area contributed by atoms with Gasteiger partial charge in [-0.05, 0) is 6.42 Å². The molecule has 0 fully saturated rings. The van der Waals surface area contributed by atoms with Crippen LogP contribution in [-0.2, 0) is 9.62 Å². The van der Waals surface area contributed by atoms with Gasteiger partial charge >= 0.3 is 0 Å². The highest BCUT2D eigenvalue weighted by molar-refractivity contribution is 4.49. The molecule has 0 saturated carbocycles. The van der Waals surface area contributed by atoms with Crippen molar-refractivity contribution in [3.8, 4) is 0 Å². The molecule has 1 unspecified atom stereocenters. The van der Waals surface area contributed by atoms with Gasteiger partial charge in [-0.1, -0.05) is 64.7 Å². The fourth-order valence-electron chi connectivity index (χ4n) is 2.01. The van der Waals surface area contributed by atoms with Gasteiger partial charge in [0.25, 0.3) is 0 Å². The van der Waals surface area contributed by atoms with Crippen LogP contribution in [-0.4, -0.2) is 18.7 Å². The first-order valence-corrected chi connectivity index (χ1v) is 7.18. The molecule has 0 aliphatic heterocycles. The minimum atomic E-state index is -0.441. The van der Waals surface area contributed by atoms with Crippen LogP contribution >= 0.6 is 0 Å². The van der Waals surface area contributed by atoms with E-state index in [1.165, 1.54) is 57.8 Å². The van der Waals surface area contributed by atoms with Crippen molar-refractivity contribution in [1.29, 1.82) is 0 Å². The summed E-state index contributed by atoms with van der Waals surface area (Å²) in [6.07, 6.45) is 13.5. The first-order valence-electron chi connectivity index (χ1n) is 7.18. The zero-order chi connectivity index (χ0) is 12.8. The van der Waals surface area contributed by atoms with Gasteiger partial charge in [0, 0.05) is 13.5 Å². The predicted molar refractivity (Wildman–Crippen MR) is 71.0 cm³/mol. The van der Waals surface area contributed by atoms with Gasteiger partial charge in [-0.25, -0.2) is 10.1 Å². The molecule has 0 radical (unpaired) electrons. The van der Waals surface area contributed by atoms with Crippen molar-refractivity contribution >= 4 is 0 Å². The van der Waals surface area contributed by atoms with Crippen molar-refractivity contribution in [3.05, 3.63) is 0 Å². The van der Waals surface area contributed by atoms with Gasteiger partial charge in [0.2, 0.25) is 0 Å². The number of hydrogen-bond donors (Lipinski definition) is 1. The maximum Gasteiger partial charge on any atom is 0.190 e. The fraction of sp³-hybridized carbons (Fsp3) is 1.00. The number of unbranched alkanes of at least 4 members (excludes halogenated alkanes) is 9. The molecule has 0 bridgehead atoms. The molecule has 17 heavy (non-hydrogen) atoms. The van der Waals surface area contributed by atoms with Gasteiger partial charge in [0.1, 0.15) is 0 Å². The second kappa shape index (κ2) is 13.9. The third kappa shape index (κ3) is 12.1. The van der Waals surface area contributed by atoms with Crippen LogP contribution in [0, 0.1) is 0 Å². The third-order valence-corrected chi connectivity index (χ3v) is 3.17. The van der Waals surface area contributed by atoms with Gasteiger partial charge < -0.3 is 4.74 Å². The second-order valence-electron chi connectivity index (χ2n) is 4.74. The van der Waals surface area contributed by atoms with E-state index in [0.717, 1.165) is 12.8 Å². The molecule has 1 atom stereocenters. The highest BCUT2D eigenvalue weighted by Gasteiger charge is 2.05. The lowest BCUT2D eigenvalue weighted by Crippen LogP contribution is -2.12. The lowest BCUT2D eigenvalue weighted by Gasteiger charge is -2.10. The summed E-state index contributed by atoms with van der Waals surface area (Å²) in [6, 6.07) is 0. The summed E-state index contributed by atoms with van der Waals surface area (Å²) in [7, 11) is 1.55. The summed E-state index contributed by atoms with van der Waals surface area (Å²) < 4.78 is 4.91. The molecule has 0 rings (SSSR count). The van der Waals surface area contributed by atoms with Crippen molar-refractivity contribution in [3.63, 3.8) is 0 Å². The van der Waals surface area contributed by atoms with E-state index >= 15 is 0 Å². The molecule has 0 aliphatic rings. The molecule has 0 amide bonds. The first kappa shape index (κ1) is 16.9. The number of methoxy groups -OCH3 is 1. The zero-order valence-electron chi connectivity index (χ0n) is 11.6. The Hall–Kier alpha value is -0.120. The summed E-state index contributed by atoms with van der Waals surface area (Å²) in [5.41, 5.74) is 0. The van der Waals surface area contributed by atoms with Crippen LogP contribution in [0.1, 0.15) is 77.6 Å². The van der Waals surface area contributed by atoms with Crippen LogP contribution in [0.5, 0.6) is 0 Å². The van der Waals surface area contributed by atoms with E-state index < -0.39 is 6.29 Å². The van der Waals surface area contributed by atoms with E-state index in [4.69, 9.17) is 9.99 Å². The Bertz CT molecular complexity index is 135. The topological polar surface area (TPSA) is 38.7 Å². The largest absolute Gasteiger partial charge is 0.353 e. The molecular formula is C14H30O3. The Balaban J connectivity index is 3.03. The molecule has 0 aromatic carbocycles. The van der Waals surface area contributed by atoms with Crippen LogP contribution in [0.25, 0.3) is 0 Å². The van der Waals surface area contributed by atoms with E-state index in [1.807, 2.05) is 0 Å². The Kier molecular flexibility index (Phi) is 13.8. The monoisotopic (exact) mass is 246 g/mol. The molecule has 3 nitrogen and oxygen atoms in total. The molecule has 0 aromatic heterocycles. The average molecular weight is 246 g/mol. The predicted octanol–water partition coefficient (Wildman–Crippen LogP) is 4.76. The van der Waals surface area contributed by atoms with Crippen molar-refractivity contribution in [2.75, 3.05) is 7.11 Å². The Morgan fingerprint density at radius 2 is 1.29 bits per heavy atom. The van der Waals surface area contributed by atoms with Crippen molar-refractivity contribution < 1.29 is 14.9 Å². The summed E-state index contributed by atoms with van der Waals surface area (Å²) >= 11 is 0. The van der Waals surface area contributed by atoms with Gasteiger partial charge in [-0.2, -0.15) is 0 Å². The summed E-state index contributed by atoms with van der Waals surface area (Å²) in [6.45, 7) is 2.25. The molecule has 0 saturated heterocycles. The van der Waals surface area contributed by atoms with Gasteiger partial charge in [0.05, 0.1) is 0 Å². The number of hydrogen-bond acceptors (Lipinski definition) is 3. The molecule has 0 aliphatic carbocycles. The standard InChI is InChI=1S/C14H30O3/c1-3-4-5-6-7-8-9-10-11-12-13-14(16-2)17-15/h14-15H,3-13H2,1-2H3. The highest BCUT2D eigenvalue weighted by Crippen LogP contribution is 2.12. The smallest absolute Gasteiger partial charge is 0.190 e. The van der Waals surface area contributed by atoms with E-state index in [1.54, 1.807) is 7.11 Å². The summed E-state index contributed by atoms with van der Waals surface area (Å²) in [5, 5.41) is 8.44. The van der Waals surface area contributed by atoms with Crippen LogP contribution in [0.15, 0.2) is 0 Å². The average Bonchev–Trinajstić information content (AvgIpc) is 2.36. The Morgan fingerprint density at radius 1 is 0.824 bits per heavy atom. The third-order valence-electron chi connectivity index (χ3n) is 3.17. The van der Waals surface area contributed by atoms with Crippen LogP contribution < -0.4 is 0 Å². The van der Waals surface area contributed by atoms with Gasteiger partial charge in [-0.3, -0.25) is 0 Å². The normalized spacial score (nSPS) is 12.9. The second-order valence-corrected chi connectivity index (χ2v) is 4.74. The van der Waals surface area contributed by atoms with Crippen molar-refractivity contribution in [2.45, 2.75) is 83.8 Å². The van der Waals surface area contributed by atoms with E-state index in [2.05, 4.69) is 11.8 Å². The molecule has 0 aromatic rings. The van der Waals surface area contributed by atoms with E-state index in [-0.39, 0.29) is 0 Å². The lowest BCUT2D eigenvalue weighted by atomic mass is 10.1. The lowest BCUT2D eigenvalue weighted by molar-refractivity contribution is -0.341. The van der Waals surface area contributed by atoms with E-state index in [0.29, 0.717) is 0 Å². The minimum Gasteiger partial charge on any atom is -0.353 e. The van der Waals surface area contributed by atoms with Crippen LogP contribution in [0.4, 0.5) is 0 Å². The van der Waals surface area contributed by atoms with Crippen LogP contribution in [0.2, 0.25) is 0 Å².